The molecule has 1 heterocycles. The van der Waals surface area contributed by atoms with Crippen LogP contribution in [-0.2, 0) is 11.2 Å². The third-order valence-corrected chi connectivity index (χ3v) is 4.54. The first-order valence-corrected chi connectivity index (χ1v) is 8.66. The van der Waals surface area contributed by atoms with Gasteiger partial charge in [-0.25, -0.2) is 4.39 Å². The van der Waals surface area contributed by atoms with Crippen LogP contribution in [0.3, 0.4) is 0 Å². The van der Waals surface area contributed by atoms with Crippen molar-refractivity contribution in [3.05, 3.63) is 65.0 Å². The van der Waals surface area contributed by atoms with Crippen LogP contribution in [0.15, 0.2) is 42.5 Å². The largest absolute Gasteiger partial charge is 0.487 e. The highest BCUT2D eigenvalue weighted by Gasteiger charge is 2.34. The number of ether oxygens (including phenoxy) is 1. The highest BCUT2D eigenvalue weighted by molar-refractivity contribution is 5.77. The highest BCUT2D eigenvalue weighted by atomic mass is 19.1. The first-order valence-electron chi connectivity index (χ1n) is 8.66. The molecule has 0 aliphatic carbocycles. The second-order valence-electron chi connectivity index (χ2n) is 7.32. The Balaban J connectivity index is 1.70. The third kappa shape index (κ3) is 4.19. The molecule has 3 nitrogen and oxygen atoms in total. The fraction of sp³-hybridized carbons (Fsp3) is 0.381. The van der Waals surface area contributed by atoms with Crippen LogP contribution >= 0.6 is 0 Å². The molecule has 1 atom stereocenters. The van der Waals surface area contributed by atoms with Crippen molar-refractivity contribution >= 4 is 5.91 Å². The lowest BCUT2D eigenvalue weighted by Gasteiger charge is -2.38. The van der Waals surface area contributed by atoms with E-state index in [1.165, 1.54) is 6.07 Å². The van der Waals surface area contributed by atoms with Gasteiger partial charge in [0.15, 0.2) is 0 Å². The number of rotatable bonds is 4. The molecular formula is C21H24FNO2. The minimum Gasteiger partial charge on any atom is -0.487 e. The van der Waals surface area contributed by atoms with Crippen LogP contribution in [0.25, 0.3) is 0 Å². The zero-order chi connectivity index (χ0) is 18.0. The number of hydrogen-bond acceptors (Lipinski definition) is 2. The number of benzene rings is 2. The van der Waals surface area contributed by atoms with Gasteiger partial charge in [-0.3, -0.25) is 4.79 Å². The van der Waals surface area contributed by atoms with Gasteiger partial charge < -0.3 is 10.1 Å². The molecule has 4 heteroatoms. The molecule has 0 radical (unpaired) electrons. The summed E-state index contributed by atoms with van der Waals surface area (Å²) in [5, 5.41) is 3.11. The zero-order valence-corrected chi connectivity index (χ0v) is 14.9. The molecule has 2 aromatic rings. The molecule has 0 saturated carbocycles. The summed E-state index contributed by atoms with van der Waals surface area (Å²) in [4.78, 5) is 12.4. The lowest BCUT2D eigenvalue weighted by molar-refractivity contribution is -0.122. The van der Waals surface area contributed by atoms with Gasteiger partial charge in [0.25, 0.3) is 0 Å². The summed E-state index contributed by atoms with van der Waals surface area (Å²) in [7, 11) is 0. The summed E-state index contributed by atoms with van der Waals surface area (Å²) in [5.41, 5.74) is 2.37. The van der Waals surface area contributed by atoms with Gasteiger partial charge in [-0.15, -0.1) is 0 Å². The summed E-state index contributed by atoms with van der Waals surface area (Å²) >= 11 is 0. The van der Waals surface area contributed by atoms with E-state index in [-0.39, 0.29) is 29.8 Å². The summed E-state index contributed by atoms with van der Waals surface area (Å²) < 4.78 is 19.7. The fourth-order valence-electron chi connectivity index (χ4n) is 3.32. The van der Waals surface area contributed by atoms with Crippen LogP contribution < -0.4 is 10.1 Å². The van der Waals surface area contributed by atoms with Gasteiger partial charge in [0.2, 0.25) is 5.91 Å². The Kier molecular flexibility index (Phi) is 4.80. The predicted octanol–water partition coefficient (Wildman–Crippen LogP) is 4.49. The van der Waals surface area contributed by atoms with E-state index < -0.39 is 0 Å². The van der Waals surface area contributed by atoms with Crippen molar-refractivity contribution in [2.24, 2.45) is 0 Å². The molecule has 1 aliphatic rings. The third-order valence-electron chi connectivity index (χ3n) is 4.54. The van der Waals surface area contributed by atoms with Crippen molar-refractivity contribution < 1.29 is 13.9 Å². The number of carbonyl (C=O) groups excluding carboxylic acids is 1. The molecule has 25 heavy (non-hydrogen) atoms. The summed E-state index contributed by atoms with van der Waals surface area (Å²) in [6, 6.07) is 12.5. The smallest absolute Gasteiger partial charge is 0.220 e. The average Bonchev–Trinajstić information content (AvgIpc) is 2.54. The summed E-state index contributed by atoms with van der Waals surface area (Å²) in [6.45, 7) is 6.07. The topological polar surface area (TPSA) is 38.3 Å². The van der Waals surface area contributed by atoms with Crippen LogP contribution in [-0.4, -0.2) is 11.5 Å². The number of aryl methyl sites for hydroxylation is 2. The van der Waals surface area contributed by atoms with Crippen molar-refractivity contribution in [1.29, 1.82) is 0 Å². The second-order valence-corrected chi connectivity index (χ2v) is 7.32. The van der Waals surface area contributed by atoms with Crippen molar-refractivity contribution in [2.45, 2.75) is 51.7 Å². The first kappa shape index (κ1) is 17.5. The minimum atomic E-state index is -0.342. The molecule has 0 bridgehead atoms. The van der Waals surface area contributed by atoms with E-state index >= 15 is 0 Å². The summed E-state index contributed by atoms with van der Waals surface area (Å²) in [5.74, 6) is 0.489. The van der Waals surface area contributed by atoms with E-state index in [4.69, 9.17) is 4.74 Å². The molecule has 1 amide bonds. The molecule has 0 unspecified atom stereocenters. The number of hydrogen-bond donors (Lipinski definition) is 1. The van der Waals surface area contributed by atoms with Crippen LogP contribution in [0.1, 0.15) is 49.4 Å². The number of halogens is 1. The van der Waals surface area contributed by atoms with Crippen LogP contribution in [0.5, 0.6) is 5.75 Å². The number of nitrogens with one attached hydrogen (secondary N) is 1. The Morgan fingerprint density at radius 1 is 1.28 bits per heavy atom. The Hall–Kier alpha value is -2.36. The van der Waals surface area contributed by atoms with E-state index in [0.29, 0.717) is 18.4 Å². The van der Waals surface area contributed by atoms with E-state index in [1.807, 2.05) is 32.9 Å². The average molecular weight is 341 g/mol. The molecule has 132 valence electrons. The molecular weight excluding hydrogens is 317 g/mol. The SMILES string of the molecule is Cc1ccc2c(c1)[C@H](NC(=O)CCc1ccccc1F)CC(C)(C)O2. The maximum Gasteiger partial charge on any atom is 0.220 e. The van der Waals surface area contributed by atoms with E-state index in [0.717, 1.165) is 16.9 Å². The number of amides is 1. The van der Waals surface area contributed by atoms with Crippen molar-refractivity contribution in [3.8, 4) is 5.75 Å². The van der Waals surface area contributed by atoms with Gasteiger partial charge in [-0.1, -0.05) is 35.9 Å². The van der Waals surface area contributed by atoms with E-state index in [2.05, 4.69) is 11.4 Å². The van der Waals surface area contributed by atoms with Gasteiger partial charge in [0.05, 0.1) is 6.04 Å². The zero-order valence-electron chi connectivity index (χ0n) is 14.9. The number of carbonyl (C=O) groups is 1. The maximum atomic E-state index is 13.7. The van der Waals surface area contributed by atoms with Crippen molar-refractivity contribution in [3.63, 3.8) is 0 Å². The quantitative estimate of drug-likeness (QED) is 0.890. The second kappa shape index (κ2) is 6.87. The maximum absolute atomic E-state index is 13.7. The Morgan fingerprint density at radius 3 is 2.80 bits per heavy atom. The summed E-state index contributed by atoms with van der Waals surface area (Å²) in [6.07, 6.45) is 1.36. The lowest BCUT2D eigenvalue weighted by Crippen LogP contribution is -2.41. The Morgan fingerprint density at radius 2 is 2.04 bits per heavy atom. The molecule has 3 rings (SSSR count). The number of fused-ring (bicyclic) bond motifs is 1. The molecule has 1 aliphatic heterocycles. The molecule has 0 fully saturated rings. The normalized spacial score (nSPS) is 18.2. The van der Waals surface area contributed by atoms with Crippen LogP contribution in [0.2, 0.25) is 0 Å². The Bertz CT molecular complexity index is 785. The first-order chi connectivity index (χ1) is 11.8. The predicted molar refractivity (Wildman–Crippen MR) is 96.1 cm³/mol. The molecule has 1 N–H and O–H groups in total. The van der Waals surface area contributed by atoms with Gasteiger partial charge >= 0.3 is 0 Å². The van der Waals surface area contributed by atoms with Gasteiger partial charge in [-0.05, 0) is 44.9 Å². The molecule has 0 spiro atoms. The Labute approximate surface area is 148 Å². The lowest BCUT2D eigenvalue weighted by atomic mass is 9.89. The monoisotopic (exact) mass is 341 g/mol. The van der Waals surface area contributed by atoms with Crippen molar-refractivity contribution in [2.75, 3.05) is 0 Å². The highest BCUT2D eigenvalue weighted by Crippen LogP contribution is 2.39. The van der Waals surface area contributed by atoms with Gasteiger partial charge in [0, 0.05) is 18.4 Å². The van der Waals surface area contributed by atoms with Gasteiger partial charge in [-0.2, -0.15) is 0 Å². The van der Waals surface area contributed by atoms with E-state index in [9.17, 15) is 9.18 Å². The van der Waals surface area contributed by atoms with Crippen LogP contribution in [0.4, 0.5) is 4.39 Å². The molecule has 2 aromatic carbocycles. The van der Waals surface area contributed by atoms with Crippen molar-refractivity contribution in [1.82, 2.24) is 5.32 Å². The molecule has 0 aromatic heterocycles. The van der Waals surface area contributed by atoms with Crippen LogP contribution in [0, 0.1) is 12.7 Å². The minimum absolute atomic E-state index is 0.0709. The molecule has 0 saturated heterocycles. The standard InChI is InChI=1S/C21H24FNO2/c1-14-8-10-19-16(12-14)18(13-21(2,3)25-19)23-20(24)11-9-15-6-4-5-7-17(15)22/h4-8,10,12,18H,9,11,13H2,1-3H3,(H,23,24)/t18-/m1/s1. The van der Waals surface area contributed by atoms with E-state index in [1.54, 1.807) is 18.2 Å². The fourth-order valence-corrected chi connectivity index (χ4v) is 3.32. The van der Waals surface area contributed by atoms with Gasteiger partial charge in [0.1, 0.15) is 17.2 Å².